The third kappa shape index (κ3) is 3.41. The van der Waals surface area contributed by atoms with Crippen LogP contribution in [0.3, 0.4) is 0 Å². The van der Waals surface area contributed by atoms with Crippen molar-refractivity contribution < 1.29 is 22.8 Å². The van der Waals surface area contributed by atoms with Crippen LogP contribution in [0.25, 0.3) is 0 Å². The number of amides is 4. The number of rotatable bonds is 4. The molecule has 1 aliphatic heterocycles. The first-order valence-corrected chi connectivity index (χ1v) is 9.85. The zero-order chi connectivity index (χ0) is 19.8. The number of hydrogen-bond donors (Lipinski definition) is 2. The van der Waals surface area contributed by atoms with E-state index in [-0.39, 0.29) is 10.5 Å². The van der Waals surface area contributed by atoms with E-state index in [9.17, 15) is 22.8 Å². The second-order valence-electron chi connectivity index (χ2n) is 6.30. The van der Waals surface area contributed by atoms with E-state index in [0.29, 0.717) is 10.6 Å². The number of nitrogens with one attached hydrogen (secondary N) is 2. The molecule has 9 heteroatoms. The van der Waals surface area contributed by atoms with Gasteiger partial charge in [0, 0.05) is 11.8 Å². The predicted octanol–water partition coefficient (Wildman–Crippen LogP) is 1.20. The monoisotopic (exact) mass is 387 g/mol. The molecule has 140 valence electrons. The second-order valence-corrected chi connectivity index (χ2v) is 8.32. The lowest BCUT2D eigenvalue weighted by molar-refractivity contribution is -0.132. The highest BCUT2D eigenvalue weighted by molar-refractivity contribution is 7.90. The van der Waals surface area contributed by atoms with Gasteiger partial charge in [0.05, 0.1) is 4.90 Å². The Morgan fingerprint density at radius 3 is 2.37 bits per heavy atom. The summed E-state index contributed by atoms with van der Waals surface area (Å²) in [5.41, 5.74) is 1.49. The number of carbonyl (C=O) groups is 3. The van der Waals surface area contributed by atoms with E-state index in [4.69, 9.17) is 0 Å². The van der Waals surface area contributed by atoms with Gasteiger partial charge in [-0.25, -0.2) is 13.2 Å². The molecule has 0 bridgehead atoms. The fourth-order valence-electron chi connectivity index (χ4n) is 2.74. The van der Waals surface area contributed by atoms with Crippen LogP contribution in [0.5, 0.6) is 0 Å². The van der Waals surface area contributed by atoms with E-state index < -0.39 is 33.2 Å². The van der Waals surface area contributed by atoms with Crippen LogP contribution in [0, 0.1) is 0 Å². The van der Waals surface area contributed by atoms with Crippen LogP contribution in [-0.4, -0.2) is 37.5 Å². The minimum absolute atomic E-state index is 0.00633. The van der Waals surface area contributed by atoms with Crippen molar-refractivity contribution in [2.24, 2.45) is 0 Å². The summed E-state index contributed by atoms with van der Waals surface area (Å²) < 4.78 is 23.3. The zero-order valence-electron chi connectivity index (χ0n) is 14.6. The third-order valence-electron chi connectivity index (χ3n) is 4.28. The Hall–Kier alpha value is -3.20. The molecule has 0 radical (unpaired) electrons. The first kappa shape index (κ1) is 18.6. The van der Waals surface area contributed by atoms with E-state index in [1.807, 2.05) is 0 Å². The van der Waals surface area contributed by atoms with Gasteiger partial charge in [0.15, 0.2) is 9.84 Å². The Bertz CT molecular complexity index is 1040. The van der Waals surface area contributed by atoms with Crippen molar-refractivity contribution >= 4 is 27.7 Å². The van der Waals surface area contributed by atoms with Crippen LogP contribution >= 0.6 is 0 Å². The molecule has 1 fully saturated rings. The van der Waals surface area contributed by atoms with Crippen LogP contribution in [0.4, 0.5) is 4.79 Å². The van der Waals surface area contributed by atoms with Gasteiger partial charge in [0.25, 0.3) is 11.8 Å². The standard InChI is InChI=1S/C18H17N3O5S/c1-18(13-8-4-3-5-9-13)16(23)21(17(24)19-18)20-15(22)12-7-6-10-14(11-12)27(2,25)26/h3-11H,1-2H3,(H,19,24)(H,20,22)/t18-/m0/s1. The van der Waals surface area contributed by atoms with Crippen LogP contribution in [0.2, 0.25) is 0 Å². The lowest BCUT2D eigenvalue weighted by Gasteiger charge is -2.22. The van der Waals surface area contributed by atoms with Gasteiger partial charge in [0.1, 0.15) is 5.54 Å². The third-order valence-corrected chi connectivity index (χ3v) is 5.39. The SMILES string of the molecule is C[C@@]1(c2ccccc2)NC(=O)N(NC(=O)c2cccc(S(C)(=O)=O)c2)C1=O. The molecule has 3 rings (SSSR count). The van der Waals surface area contributed by atoms with Gasteiger partial charge in [-0.05, 0) is 30.7 Å². The average molecular weight is 387 g/mol. The molecule has 0 aliphatic carbocycles. The summed E-state index contributed by atoms with van der Waals surface area (Å²) in [4.78, 5) is 37.4. The molecular weight excluding hydrogens is 370 g/mol. The maximum Gasteiger partial charge on any atom is 0.344 e. The van der Waals surface area contributed by atoms with Crippen molar-refractivity contribution in [1.82, 2.24) is 15.8 Å². The number of urea groups is 1. The number of hydrazine groups is 1. The van der Waals surface area contributed by atoms with Gasteiger partial charge >= 0.3 is 6.03 Å². The molecule has 0 aromatic heterocycles. The summed E-state index contributed by atoms with van der Waals surface area (Å²) in [6.45, 7) is 1.54. The molecule has 1 aliphatic rings. The summed E-state index contributed by atoms with van der Waals surface area (Å²) in [6.07, 6.45) is 1.02. The van der Waals surface area contributed by atoms with E-state index in [1.165, 1.54) is 24.3 Å². The van der Waals surface area contributed by atoms with Crippen molar-refractivity contribution in [3.8, 4) is 0 Å². The Balaban J connectivity index is 1.85. The van der Waals surface area contributed by atoms with Crippen LogP contribution in [0.15, 0.2) is 59.5 Å². The summed E-state index contributed by atoms with van der Waals surface area (Å²) in [5.74, 6) is -1.42. The van der Waals surface area contributed by atoms with Gasteiger partial charge in [0.2, 0.25) is 0 Å². The molecule has 1 heterocycles. The maximum atomic E-state index is 12.8. The fourth-order valence-corrected chi connectivity index (χ4v) is 3.41. The fraction of sp³-hybridized carbons (Fsp3) is 0.167. The minimum Gasteiger partial charge on any atom is -0.318 e. The molecule has 27 heavy (non-hydrogen) atoms. The average Bonchev–Trinajstić information content (AvgIpc) is 2.86. The Morgan fingerprint density at radius 1 is 1.07 bits per heavy atom. The van der Waals surface area contributed by atoms with Crippen molar-refractivity contribution in [3.63, 3.8) is 0 Å². The Kier molecular flexibility index (Phi) is 4.48. The molecule has 0 spiro atoms. The zero-order valence-corrected chi connectivity index (χ0v) is 15.4. The maximum absolute atomic E-state index is 12.8. The van der Waals surface area contributed by atoms with E-state index in [2.05, 4.69) is 10.7 Å². The highest BCUT2D eigenvalue weighted by Gasteiger charge is 2.50. The number of carbonyl (C=O) groups excluding carboxylic acids is 3. The highest BCUT2D eigenvalue weighted by atomic mass is 32.2. The molecular formula is C18H17N3O5S. The highest BCUT2D eigenvalue weighted by Crippen LogP contribution is 2.27. The topological polar surface area (TPSA) is 113 Å². The smallest absolute Gasteiger partial charge is 0.318 e. The molecule has 1 atom stereocenters. The Morgan fingerprint density at radius 2 is 1.74 bits per heavy atom. The summed E-state index contributed by atoms with van der Waals surface area (Å²) in [5, 5.41) is 3.17. The molecule has 8 nitrogen and oxygen atoms in total. The van der Waals surface area contributed by atoms with Crippen molar-refractivity contribution in [2.75, 3.05) is 6.26 Å². The van der Waals surface area contributed by atoms with Gasteiger partial charge in [-0.2, -0.15) is 5.01 Å². The lowest BCUT2D eigenvalue weighted by atomic mass is 9.92. The van der Waals surface area contributed by atoms with E-state index in [0.717, 1.165) is 6.26 Å². The first-order chi connectivity index (χ1) is 12.6. The summed E-state index contributed by atoms with van der Waals surface area (Å²) in [6, 6.07) is 13.2. The largest absolute Gasteiger partial charge is 0.344 e. The number of benzene rings is 2. The summed E-state index contributed by atoms with van der Waals surface area (Å²) >= 11 is 0. The van der Waals surface area contributed by atoms with Crippen LogP contribution < -0.4 is 10.7 Å². The van der Waals surface area contributed by atoms with Gasteiger partial charge in [-0.15, -0.1) is 0 Å². The van der Waals surface area contributed by atoms with Crippen molar-refractivity contribution in [1.29, 1.82) is 0 Å². The van der Waals surface area contributed by atoms with E-state index in [1.54, 1.807) is 37.3 Å². The number of hydrogen-bond acceptors (Lipinski definition) is 5. The van der Waals surface area contributed by atoms with Gasteiger partial charge in [-0.1, -0.05) is 36.4 Å². The van der Waals surface area contributed by atoms with Crippen molar-refractivity contribution in [3.05, 3.63) is 65.7 Å². The minimum atomic E-state index is -3.50. The molecule has 0 saturated carbocycles. The van der Waals surface area contributed by atoms with E-state index >= 15 is 0 Å². The number of imide groups is 1. The van der Waals surface area contributed by atoms with Crippen LogP contribution in [0.1, 0.15) is 22.8 Å². The number of nitrogens with zero attached hydrogens (tertiary/aromatic N) is 1. The summed E-state index contributed by atoms with van der Waals surface area (Å²) in [7, 11) is -3.50. The molecule has 0 unspecified atom stereocenters. The van der Waals surface area contributed by atoms with Gasteiger partial charge in [-0.3, -0.25) is 15.0 Å². The Labute approximate surface area is 156 Å². The first-order valence-electron chi connectivity index (χ1n) is 7.96. The number of sulfone groups is 1. The predicted molar refractivity (Wildman–Crippen MR) is 96.2 cm³/mol. The molecule has 2 aromatic rings. The van der Waals surface area contributed by atoms with Crippen LogP contribution in [-0.2, 0) is 20.2 Å². The quantitative estimate of drug-likeness (QED) is 0.766. The lowest BCUT2D eigenvalue weighted by Crippen LogP contribution is -2.47. The molecule has 4 amide bonds. The molecule has 1 saturated heterocycles. The van der Waals surface area contributed by atoms with Crippen molar-refractivity contribution in [2.45, 2.75) is 17.4 Å². The molecule has 2 N–H and O–H groups in total. The molecule has 2 aromatic carbocycles. The normalized spacial score (nSPS) is 19.7. The second kappa shape index (κ2) is 6.51. The van der Waals surface area contributed by atoms with Gasteiger partial charge < -0.3 is 5.32 Å².